The van der Waals surface area contributed by atoms with E-state index in [1.54, 1.807) is 6.92 Å². The molecule has 0 radical (unpaired) electrons. The first-order valence-electron chi connectivity index (χ1n) is 9.69. The van der Waals surface area contributed by atoms with Crippen molar-refractivity contribution in [1.82, 2.24) is 9.80 Å². The predicted octanol–water partition coefficient (Wildman–Crippen LogP) is 2.29. The van der Waals surface area contributed by atoms with Crippen LogP contribution in [0.25, 0.3) is 0 Å². The molecule has 166 valence electrons. The van der Waals surface area contributed by atoms with E-state index in [9.17, 15) is 9.90 Å². The number of piperazine rings is 1. The summed E-state index contributed by atoms with van der Waals surface area (Å²) >= 11 is 0. The van der Waals surface area contributed by atoms with Crippen molar-refractivity contribution in [2.75, 3.05) is 39.3 Å². The fourth-order valence-corrected chi connectivity index (χ4v) is 3.43. The second-order valence-electron chi connectivity index (χ2n) is 7.44. The summed E-state index contributed by atoms with van der Waals surface area (Å²) in [4.78, 5) is 16.9. The molecule has 0 saturated carbocycles. The molecule has 2 unspecified atom stereocenters. The number of aliphatic hydroxyl groups excluding tert-OH is 1. The molecule has 2 atom stereocenters. The molecule has 0 aliphatic carbocycles. The van der Waals surface area contributed by atoms with Gasteiger partial charge in [0, 0.05) is 32.7 Å². The summed E-state index contributed by atoms with van der Waals surface area (Å²) in [7, 11) is 0. The zero-order valence-electron chi connectivity index (χ0n) is 17.1. The van der Waals surface area contributed by atoms with Crippen LogP contribution in [0.2, 0.25) is 0 Å². The van der Waals surface area contributed by atoms with E-state index in [2.05, 4.69) is 4.90 Å². The Morgan fingerprint density at radius 1 is 1.03 bits per heavy atom. The van der Waals surface area contributed by atoms with Crippen molar-refractivity contribution < 1.29 is 14.6 Å². The average molecular weight is 456 g/mol. The Labute approximate surface area is 190 Å². The summed E-state index contributed by atoms with van der Waals surface area (Å²) in [5.41, 5.74) is 6.14. The number of aliphatic hydroxyl groups is 1. The van der Waals surface area contributed by atoms with Gasteiger partial charge in [-0.15, -0.1) is 24.8 Å². The van der Waals surface area contributed by atoms with E-state index in [0.717, 1.165) is 11.3 Å². The van der Waals surface area contributed by atoms with E-state index in [1.165, 1.54) is 0 Å². The molecular weight excluding hydrogens is 425 g/mol. The van der Waals surface area contributed by atoms with E-state index in [4.69, 9.17) is 10.5 Å². The van der Waals surface area contributed by atoms with Gasteiger partial charge in [0.25, 0.3) is 0 Å². The summed E-state index contributed by atoms with van der Waals surface area (Å²) in [6.45, 7) is 5.15. The van der Waals surface area contributed by atoms with Gasteiger partial charge in [0.15, 0.2) is 0 Å². The molecule has 3 N–H and O–H groups in total. The largest absolute Gasteiger partial charge is 0.491 e. The van der Waals surface area contributed by atoms with E-state index in [-0.39, 0.29) is 37.3 Å². The lowest BCUT2D eigenvalue weighted by atomic mass is 9.91. The highest BCUT2D eigenvalue weighted by molar-refractivity contribution is 5.87. The van der Waals surface area contributed by atoms with Crippen LogP contribution in [0.3, 0.4) is 0 Å². The minimum atomic E-state index is -1.04. The van der Waals surface area contributed by atoms with Gasteiger partial charge in [0.2, 0.25) is 5.91 Å². The van der Waals surface area contributed by atoms with Crippen molar-refractivity contribution >= 4 is 30.7 Å². The standard InChI is InChI=1S/C22H29N3O3.2ClH/c1-22(23,18-8-4-2-5-9-18)21(27)25-14-12-24(13-15-25)16-19(26)17-28-20-10-6-3-7-11-20;;/h2-11,19,26H,12-17,23H2,1H3;2*1H. The molecule has 0 bridgehead atoms. The Kier molecular flexibility index (Phi) is 10.6. The number of halogens is 2. The Morgan fingerprint density at radius 2 is 1.57 bits per heavy atom. The third kappa shape index (κ3) is 6.86. The molecule has 2 aromatic carbocycles. The zero-order valence-corrected chi connectivity index (χ0v) is 18.8. The number of amides is 1. The topological polar surface area (TPSA) is 79.0 Å². The fourth-order valence-electron chi connectivity index (χ4n) is 3.43. The van der Waals surface area contributed by atoms with Gasteiger partial charge in [-0.2, -0.15) is 0 Å². The number of carbonyl (C=O) groups is 1. The molecule has 1 aliphatic heterocycles. The first kappa shape index (κ1) is 26.2. The molecule has 1 heterocycles. The molecule has 2 aromatic rings. The molecule has 1 amide bonds. The summed E-state index contributed by atoms with van der Waals surface area (Å²) < 4.78 is 5.60. The highest BCUT2D eigenvalue weighted by Gasteiger charge is 2.35. The van der Waals surface area contributed by atoms with Crippen LogP contribution in [0.4, 0.5) is 0 Å². The Balaban J connectivity index is 0.00000225. The summed E-state index contributed by atoms with van der Waals surface area (Å²) in [6, 6.07) is 18.9. The summed E-state index contributed by atoms with van der Waals surface area (Å²) in [5, 5.41) is 10.2. The number of rotatable bonds is 7. The molecule has 1 fully saturated rings. The first-order valence-corrected chi connectivity index (χ1v) is 9.69. The van der Waals surface area contributed by atoms with Gasteiger partial charge in [0.05, 0.1) is 0 Å². The minimum Gasteiger partial charge on any atom is -0.491 e. The fraction of sp³-hybridized carbons (Fsp3) is 0.409. The van der Waals surface area contributed by atoms with E-state index in [1.807, 2.05) is 65.6 Å². The van der Waals surface area contributed by atoms with Crippen LogP contribution in [-0.4, -0.2) is 66.2 Å². The lowest BCUT2D eigenvalue weighted by molar-refractivity contribution is -0.138. The molecule has 6 nitrogen and oxygen atoms in total. The number of nitrogens with zero attached hydrogens (tertiary/aromatic N) is 2. The summed E-state index contributed by atoms with van der Waals surface area (Å²) in [6.07, 6.45) is -0.577. The number of β-amino-alcohol motifs (C(OH)–C–C–N with tert-alkyl or cyclic N) is 1. The Bertz CT molecular complexity index is 755. The average Bonchev–Trinajstić information content (AvgIpc) is 2.73. The van der Waals surface area contributed by atoms with E-state index in [0.29, 0.717) is 32.7 Å². The maximum Gasteiger partial charge on any atom is 0.247 e. The first-order chi connectivity index (χ1) is 13.5. The van der Waals surface area contributed by atoms with Crippen LogP contribution >= 0.6 is 24.8 Å². The van der Waals surface area contributed by atoms with Gasteiger partial charge in [0.1, 0.15) is 24.0 Å². The summed E-state index contributed by atoms with van der Waals surface area (Å²) in [5.74, 6) is 0.686. The number of hydrogen-bond acceptors (Lipinski definition) is 5. The van der Waals surface area contributed by atoms with Gasteiger partial charge in [-0.1, -0.05) is 48.5 Å². The van der Waals surface area contributed by atoms with E-state index < -0.39 is 11.6 Å². The maximum absolute atomic E-state index is 12.9. The molecule has 1 aliphatic rings. The van der Waals surface area contributed by atoms with Crippen LogP contribution in [0.1, 0.15) is 12.5 Å². The molecule has 0 spiro atoms. The van der Waals surface area contributed by atoms with Crippen LogP contribution in [0.5, 0.6) is 5.75 Å². The number of hydrogen-bond donors (Lipinski definition) is 2. The number of carbonyl (C=O) groups excluding carboxylic acids is 1. The van der Waals surface area contributed by atoms with Crippen molar-refractivity contribution in [2.45, 2.75) is 18.6 Å². The van der Waals surface area contributed by atoms with E-state index >= 15 is 0 Å². The second-order valence-corrected chi connectivity index (χ2v) is 7.44. The van der Waals surface area contributed by atoms with Crippen LogP contribution in [0, 0.1) is 0 Å². The minimum absolute atomic E-state index is 0. The predicted molar refractivity (Wildman–Crippen MR) is 123 cm³/mol. The zero-order chi connectivity index (χ0) is 20.0. The lowest BCUT2D eigenvalue weighted by Gasteiger charge is -2.39. The van der Waals surface area contributed by atoms with Crippen molar-refractivity contribution in [2.24, 2.45) is 5.73 Å². The molecule has 1 saturated heterocycles. The highest BCUT2D eigenvalue weighted by atomic mass is 35.5. The molecule has 3 rings (SSSR count). The van der Waals surface area contributed by atoms with Crippen molar-refractivity contribution in [1.29, 1.82) is 0 Å². The van der Waals surface area contributed by atoms with Gasteiger partial charge in [-0.05, 0) is 24.6 Å². The lowest BCUT2D eigenvalue weighted by Crippen LogP contribution is -2.57. The molecular formula is C22H31Cl2N3O3. The second kappa shape index (κ2) is 12.1. The highest BCUT2D eigenvalue weighted by Crippen LogP contribution is 2.21. The van der Waals surface area contributed by atoms with Crippen LogP contribution in [0.15, 0.2) is 60.7 Å². The molecule has 0 aromatic heterocycles. The third-order valence-electron chi connectivity index (χ3n) is 5.13. The Hall–Kier alpha value is -1.83. The van der Waals surface area contributed by atoms with Crippen molar-refractivity contribution in [3.63, 3.8) is 0 Å². The Morgan fingerprint density at radius 3 is 2.13 bits per heavy atom. The van der Waals surface area contributed by atoms with Gasteiger partial charge >= 0.3 is 0 Å². The van der Waals surface area contributed by atoms with Gasteiger partial charge in [-0.25, -0.2) is 0 Å². The number of para-hydroxylation sites is 1. The third-order valence-corrected chi connectivity index (χ3v) is 5.13. The smallest absolute Gasteiger partial charge is 0.247 e. The monoisotopic (exact) mass is 455 g/mol. The SMILES string of the molecule is CC(N)(C(=O)N1CCN(CC(O)COc2ccccc2)CC1)c1ccccc1.Cl.Cl. The normalized spacial score (nSPS) is 17.1. The number of benzene rings is 2. The quantitative estimate of drug-likeness (QED) is 0.669. The maximum atomic E-state index is 12.9. The number of nitrogens with two attached hydrogens (primary N) is 1. The van der Waals surface area contributed by atoms with Gasteiger partial charge in [-0.3, -0.25) is 9.69 Å². The van der Waals surface area contributed by atoms with Crippen molar-refractivity contribution in [3.05, 3.63) is 66.2 Å². The van der Waals surface area contributed by atoms with Crippen LogP contribution < -0.4 is 10.5 Å². The molecule has 30 heavy (non-hydrogen) atoms. The van der Waals surface area contributed by atoms with Crippen LogP contribution in [-0.2, 0) is 10.3 Å². The van der Waals surface area contributed by atoms with Gasteiger partial charge < -0.3 is 20.5 Å². The molecule has 8 heteroatoms. The number of ether oxygens (including phenoxy) is 1. The van der Waals surface area contributed by atoms with Crippen molar-refractivity contribution in [3.8, 4) is 5.75 Å².